The van der Waals surface area contributed by atoms with Gasteiger partial charge >= 0.3 is 0 Å². The van der Waals surface area contributed by atoms with Gasteiger partial charge < -0.3 is 14.6 Å². The SMILES string of the molecule is c1nc2c(ccn2CC2CCNCC2)cc1-c1cnn(C2CCCCO2)c1. The largest absolute Gasteiger partial charge is 0.357 e. The van der Waals surface area contributed by atoms with E-state index in [1.807, 2.05) is 17.1 Å². The molecule has 0 radical (unpaired) electrons. The molecule has 2 aliphatic heterocycles. The molecule has 0 saturated carbocycles. The molecule has 6 heteroatoms. The van der Waals surface area contributed by atoms with E-state index in [2.05, 4.69) is 39.5 Å². The molecule has 2 aliphatic rings. The van der Waals surface area contributed by atoms with Crippen molar-refractivity contribution in [1.82, 2.24) is 24.6 Å². The van der Waals surface area contributed by atoms with Crippen molar-refractivity contribution in [1.29, 1.82) is 0 Å². The summed E-state index contributed by atoms with van der Waals surface area (Å²) in [5.41, 5.74) is 3.30. The summed E-state index contributed by atoms with van der Waals surface area (Å²) in [5.74, 6) is 0.747. The first kappa shape index (κ1) is 17.0. The van der Waals surface area contributed by atoms with Crippen LogP contribution >= 0.6 is 0 Å². The monoisotopic (exact) mass is 365 g/mol. The maximum atomic E-state index is 5.84. The molecule has 0 spiro atoms. The van der Waals surface area contributed by atoms with Gasteiger partial charge in [0.15, 0.2) is 0 Å². The van der Waals surface area contributed by atoms with Gasteiger partial charge in [-0.3, -0.25) is 0 Å². The highest BCUT2D eigenvalue weighted by molar-refractivity contribution is 5.81. The van der Waals surface area contributed by atoms with Crippen molar-refractivity contribution in [3.8, 4) is 11.1 Å². The molecule has 3 aromatic heterocycles. The van der Waals surface area contributed by atoms with Gasteiger partial charge in [-0.15, -0.1) is 0 Å². The third-order valence-corrected chi connectivity index (χ3v) is 5.90. The lowest BCUT2D eigenvalue weighted by Gasteiger charge is -2.23. The Morgan fingerprint density at radius 2 is 2.04 bits per heavy atom. The van der Waals surface area contributed by atoms with Crippen LogP contribution in [0, 0.1) is 5.92 Å². The Kier molecular flexibility index (Phi) is 4.67. The van der Waals surface area contributed by atoms with Crippen LogP contribution in [0.3, 0.4) is 0 Å². The first-order valence-electron chi connectivity index (χ1n) is 10.2. The smallest absolute Gasteiger partial charge is 0.150 e. The van der Waals surface area contributed by atoms with Crippen LogP contribution in [0.2, 0.25) is 0 Å². The highest BCUT2D eigenvalue weighted by Crippen LogP contribution is 2.27. The minimum atomic E-state index is 0.0789. The summed E-state index contributed by atoms with van der Waals surface area (Å²) in [5, 5.41) is 9.17. The number of ether oxygens (including phenoxy) is 1. The Morgan fingerprint density at radius 3 is 2.89 bits per heavy atom. The zero-order valence-electron chi connectivity index (χ0n) is 15.7. The minimum absolute atomic E-state index is 0.0789. The van der Waals surface area contributed by atoms with Crippen LogP contribution in [0.25, 0.3) is 22.2 Å². The van der Waals surface area contributed by atoms with Crippen LogP contribution in [0.15, 0.2) is 36.9 Å². The fraction of sp³-hybridized carbons (Fsp3) is 0.524. The van der Waals surface area contributed by atoms with E-state index in [4.69, 9.17) is 9.72 Å². The average Bonchev–Trinajstić information content (AvgIpc) is 3.37. The highest BCUT2D eigenvalue weighted by Gasteiger charge is 2.18. The molecule has 0 aliphatic carbocycles. The van der Waals surface area contributed by atoms with Gasteiger partial charge in [0, 0.05) is 48.3 Å². The molecule has 5 heterocycles. The van der Waals surface area contributed by atoms with Crippen molar-refractivity contribution >= 4 is 11.0 Å². The predicted octanol–water partition coefficient (Wildman–Crippen LogP) is 3.60. The number of rotatable bonds is 4. The summed E-state index contributed by atoms with van der Waals surface area (Å²) in [4.78, 5) is 4.78. The first-order valence-corrected chi connectivity index (χ1v) is 10.2. The number of aromatic nitrogens is 4. The summed E-state index contributed by atoms with van der Waals surface area (Å²) in [6, 6.07) is 4.41. The Bertz CT molecular complexity index is 902. The van der Waals surface area contributed by atoms with Crippen molar-refractivity contribution in [2.75, 3.05) is 19.7 Å². The molecule has 1 N–H and O–H groups in total. The lowest BCUT2D eigenvalue weighted by Crippen LogP contribution is -2.29. The molecule has 5 rings (SSSR count). The summed E-state index contributed by atoms with van der Waals surface area (Å²) < 4.78 is 10.1. The van der Waals surface area contributed by atoms with E-state index in [9.17, 15) is 0 Å². The molecule has 2 fully saturated rings. The molecule has 27 heavy (non-hydrogen) atoms. The van der Waals surface area contributed by atoms with Crippen molar-refractivity contribution in [3.05, 3.63) is 36.9 Å². The quantitative estimate of drug-likeness (QED) is 0.767. The first-order chi connectivity index (χ1) is 13.4. The molecule has 6 nitrogen and oxygen atoms in total. The van der Waals surface area contributed by atoms with E-state index in [-0.39, 0.29) is 6.23 Å². The lowest BCUT2D eigenvalue weighted by molar-refractivity contribution is -0.0394. The number of fused-ring (bicyclic) bond motifs is 1. The fourth-order valence-electron chi connectivity index (χ4n) is 4.30. The zero-order chi connectivity index (χ0) is 18.1. The minimum Gasteiger partial charge on any atom is -0.357 e. The van der Waals surface area contributed by atoms with Crippen LogP contribution in [0.5, 0.6) is 0 Å². The van der Waals surface area contributed by atoms with Crippen molar-refractivity contribution < 1.29 is 4.74 Å². The van der Waals surface area contributed by atoms with E-state index >= 15 is 0 Å². The van der Waals surface area contributed by atoms with E-state index in [1.54, 1.807) is 0 Å². The van der Waals surface area contributed by atoms with Gasteiger partial charge in [-0.25, -0.2) is 9.67 Å². The number of nitrogens with zero attached hydrogens (tertiary/aromatic N) is 4. The second-order valence-corrected chi connectivity index (χ2v) is 7.83. The number of pyridine rings is 1. The standard InChI is InChI=1S/C21H27N5O/c1-2-10-27-20(3-1)26-15-19(13-24-26)18-11-17-6-9-25(21(17)23-12-18)14-16-4-7-22-8-5-16/h6,9,11-13,15-16,20,22H,1-5,7-8,10,14H2. The number of nitrogens with one attached hydrogen (secondary N) is 1. The summed E-state index contributed by atoms with van der Waals surface area (Å²) in [7, 11) is 0. The van der Waals surface area contributed by atoms with E-state index < -0.39 is 0 Å². The molecule has 1 atom stereocenters. The molecular formula is C21H27N5O. The van der Waals surface area contributed by atoms with Gasteiger partial charge in [-0.05, 0) is 63.2 Å². The normalized spacial score (nSPS) is 21.7. The Morgan fingerprint density at radius 1 is 1.11 bits per heavy atom. The van der Waals surface area contributed by atoms with Gasteiger partial charge in [0.2, 0.25) is 0 Å². The van der Waals surface area contributed by atoms with Crippen molar-refractivity contribution in [2.45, 2.75) is 44.9 Å². The Labute approximate surface area is 159 Å². The van der Waals surface area contributed by atoms with Crippen LogP contribution in [0.4, 0.5) is 0 Å². The molecule has 0 bridgehead atoms. The molecule has 2 saturated heterocycles. The van der Waals surface area contributed by atoms with Crippen LogP contribution in [-0.2, 0) is 11.3 Å². The molecule has 142 valence electrons. The number of hydrogen-bond donors (Lipinski definition) is 1. The second-order valence-electron chi connectivity index (χ2n) is 7.83. The average molecular weight is 365 g/mol. The van der Waals surface area contributed by atoms with Crippen molar-refractivity contribution in [2.24, 2.45) is 5.92 Å². The molecular weight excluding hydrogens is 338 g/mol. The summed E-state index contributed by atoms with van der Waals surface area (Å²) in [6.07, 6.45) is 14.1. The Balaban J connectivity index is 1.36. The van der Waals surface area contributed by atoms with Crippen LogP contribution < -0.4 is 5.32 Å². The summed E-state index contributed by atoms with van der Waals surface area (Å²) >= 11 is 0. The third kappa shape index (κ3) is 3.51. The number of piperidine rings is 1. The highest BCUT2D eigenvalue weighted by atomic mass is 16.5. The predicted molar refractivity (Wildman–Crippen MR) is 105 cm³/mol. The molecule has 0 amide bonds. The zero-order valence-corrected chi connectivity index (χ0v) is 15.7. The van der Waals surface area contributed by atoms with Gasteiger partial charge in [-0.2, -0.15) is 5.10 Å². The van der Waals surface area contributed by atoms with Gasteiger partial charge in [0.05, 0.1) is 6.20 Å². The number of hydrogen-bond acceptors (Lipinski definition) is 4. The Hall–Kier alpha value is -2.18. The maximum Gasteiger partial charge on any atom is 0.150 e. The topological polar surface area (TPSA) is 56.9 Å². The fourth-order valence-corrected chi connectivity index (χ4v) is 4.30. The van der Waals surface area contributed by atoms with E-state index in [0.717, 1.165) is 61.8 Å². The van der Waals surface area contributed by atoms with Crippen LogP contribution in [0.1, 0.15) is 38.3 Å². The van der Waals surface area contributed by atoms with Gasteiger partial charge in [-0.1, -0.05) is 0 Å². The summed E-state index contributed by atoms with van der Waals surface area (Å²) in [6.45, 7) is 4.17. The second kappa shape index (κ2) is 7.44. The van der Waals surface area contributed by atoms with E-state index in [1.165, 1.54) is 24.6 Å². The van der Waals surface area contributed by atoms with E-state index in [0.29, 0.717) is 0 Å². The third-order valence-electron chi connectivity index (χ3n) is 5.90. The molecule has 0 aromatic carbocycles. The maximum absolute atomic E-state index is 5.84. The van der Waals surface area contributed by atoms with Crippen LogP contribution in [-0.4, -0.2) is 39.0 Å². The van der Waals surface area contributed by atoms with Crippen molar-refractivity contribution in [3.63, 3.8) is 0 Å². The molecule has 3 aromatic rings. The van der Waals surface area contributed by atoms with Gasteiger partial charge in [0.1, 0.15) is 11.9 Å². The molecule has 1 unspecified atom stereocenters. The van der Waals surface area contributed by atoms with Gasteiger partial charge in [0.25, 0.3) is 0 Å². The lowest BCUT2D eigenvalue weighted by atomic mass is 9.98.